The van der Waals surface area contributed by atoms with Crippen LogP contribution in [-0.4, -0.2) is 29.5 Å². The summed E-state index contributed by atoms with van der Waals surface area (Å²) < 4.78 is 18.9. The lowest BCUT2D eigenvalue weighted by atomic mass is 9.81. The van der Waals surface area contributed by atoms with Crippen LogP contribution in [0.25, 0.3) is 11.1 Å². The van der Waals surface area contributed by atoms with E-state index in [4.69, 9.17) is 4.42 Å². The number of aromatic nitrogens is 1. The van der Waals surface area contributed by atoms with Crippen LogP contribution < -0.4 is 5.76 Å². The largest absolute Gasteiger partial charge is 0.417 e. The summed E-state index contributed by atoms with van der Waals surface area (Å²) in [5, 5.41) is 0. The summed E-state index contributed by atoms with van der Waals surface area (Å²) in [7, 11) is 2.19. The van der Waals surface area contributed by atoms with Crippen molar-refractivity contribution in [3.8, 4) is 0 Å². The van der Waals surface area contributed by atoms with Gasteiger partial charge in [-0.3, -0.25) is 4.98 Å². The Kier molecular flexibility index (Phi) is 5.62. The minimum absolute atomic E-state index is 0.0964. The van der Waals surface area contributed by atoms with Gasteiger partial charge in [-0.05, 0) is 87.4 Å². The van der Waals surface area contributed by atoms with E-state index in [1.807, 2.05) is 24.3 Å². The van der Waals surface area contributed by atoms with Crippen molar-refractivity contribution in [1.82, 2.24) is 9.88 Å². The van der Waals surface area contributed by atoms with Crippen molar-refractivity contribution in [2.24, 2.45) is 0 Å². The highest BCUT2D eigenvalue weighted by Gasteiger charge is 2.25. The second kappa shape index (κ2) is 8.31. The first kappa shape index (κ1) is 18.9. The van der Waals surface area contributed by atoms with Gasteiger partial charge < -0.3 is 9.32 Å². The molecule has 0 bridgehead atoms. The molecule has 0 spiro atoms. The van der Waals surface area contributed by atoms with E-state index in [0.29, 0.717) is 17.5 Å². The molecule has 28 heavy (non-hydrogen) atoms. The second-order valence-corrected chi connectivity index (χ2v) is 7.95. The van der Waals surface area contributed by atoms with Gasteiger partial charge in [0.1, 0.15) is 5.82 Å². The van der Waals surface area contributed by atoms with Crippen LogP contribution >= 0.6 is 0 Å². The number of aryl methyl sites for hydroxylation is 1. The minimum atomic E-state index is -0.395. The molecular formula is C23H27FN2O2. The molecule has 0 amide bonds. The fourth-order valence-electron chi connectivity index (χ4n) is 4.47. The number of halogens is 1. The smallest absolute Gasteiger partial charge is 0.408 e. The Morgan fingerprint density at radius 1 is 1.14 bits per heavy atom. The number of H-pyrrole nitrogens is 1. The van der Waals surface area contributed by atoms with Crippen LogP contribution in [0, 0.1) is 5.82 Å². The SMILES string of the molecule is CN(CCCc1ccccc1F)C1CCC(c2ccc3[nH]c(=O)oc3c2)CC1. The number of fused-ring (bicyclic) bond motifs is 1. The number of hydrogen-bond donors (Lipinski definition) is 1. The van der Waals surface area contributed by atoms with Crippen molar-refractivity contribution in [2.45, 2.75) is 50.5 Å². The topological polar surface area (TPSA) is 49.2 Å². The predicted octanol–water partition coefficient (Wildman–Crippen LogP) is 4.85. The molecular weight excluding hydrogens is 355 g/mol. The third-order valence-electron chi connectivity index (χ3n) is 6.15. The number of nitrogens with zero attached hydrogens (tertiary/aromatic N) is 1. The third kappa shape index (κ3) is 4.20. The van der Waals surface area contributed by atoms with Gasteiger partial charge >= 0.3 is 5.76 Å². The molecule has 1 heterocycles. The Balaban J connectivity index is 1.28. The van der Waals surface area contributed by atoms with Crippen molar-refractivity contribution < 1.29 is 8.81 Å². The Labute approximate surface area is 164 Å². The monoisotopic (exact) mass is 382 g/mol. The molecule has 1 aliphatic rings. The molecule has 3 aromatic rings. The standard InChI is InChI=1S/C23H27FN2O2/c1-26(14-4-6-17-5-2-3-7-20(17)24)19-11-8-16(9-12-19)18-10-13-21-22(15-18)28-23(27)25-21/h2-3,5,7,10,13,15-16,19H,4,6,8-9,11-12,14H2,1H3,(H,25,27). The van der Waals surface area contributed by atoms with Gasteiger partial charge in [-0.2, -0.15) is 0 Å². The lowest BCUT2D eigenvalue weighted by Gasteiger charge is -2.35. The molecule has 148 valence electrons. The Hall–Kier alpha value is -2.40. The maximum atomic E-state index is 13.7. The van der Waals surface area contributed by atoms with Gasteiger partial charge in [-0.1, -0.05) is 24.3 Å². The van der Waals surface area contributed by atoms with Crippen LogP contribution in [0.4, 0.5) is 4.39 Å². The van der Waals surface area contributed by atoms with E-state index in [2.05, 4.69) is 23.0 Å². The number of benzene rings is 2. The van der Waals surface area contributed by atoms with Gasteiger partial charge in [0.25, 0.3) is 0 Å². The van der Waals surface area contributed by atoms with Crippen LogP contribution in [0.2, 0.25) is 0 Å². The zero-order valence-electron chi connectivity index (χ0n) is 16.3. The summed E-state index contributed by atoms with van der Waals surface area (Å²) >= 11 is 0. The summed E-state index contributed by atoms with van der Waals surface area (Å²) in [5.74, 6) is 0.0291. The molecule has 4 nitrogen and oxygen atoms in total. The van der Waals surface area contributed by atoms with Crippen LogP contribution in [0.1, 0.15) is 49.1 Å². The molecule has 0 radical (unpaired) electrons. The molecule has 1 fully saturated rings. The van der Waals surface area contributed by atoms with E-state index in [1.54, 1.807) is 6.07 Å². The molecule has 0 atom stereocenters. The van der Waals surface area contributed by atoms with Gasteiger partial charge in [-0.15, -0.1) is 0 Å². The molecule has 1 N–H and O–H groups in total. The summed E-state index contributed by atoms with van der Waals surface area (Å²) in [6.45, 7) is 0.990. The summed E-state index contributed by atoms with van der Waals surface area (Å²) in [6, 6.07) is 13.7. The molecule has 2 aromatic carbocycles. The molecule has 5 heteroatoms. The van der Waals surface area contributed by atoms with Crippen molar-refractivity contribution >= 4 is 11.1 Å². The first-order chi connectivity index (χ1) is 13.6. The van der Waals surface area contributed by atoms with E-state index >= 15 is 0 Å². The molecule has 1 aromatic heterocycles. The highest BCUT2D eigenvalue weighted by Crippen LogP contribution is 2.35. The number of aromatic amines is 1. The number of nitrogens with one attached hydrogen (secondary N) is 1. The molecule has 4 rings (SSSR count). The quantitative estimate of drug-likeness (QED) is 0.663. The minimum Gasteiger partial charge on any atom is -0.408 e. The van der Waals surface area contributed by atoms with Gasteiger partial charge in [-0.25, -0.2) is 9.18 Å². The molecule has 1 saturated carbocycles. The van der Waals surface area contributed by atoms with Crippen molar-refractivity contribution in [2.75, 3.05) is 13.6 Å². The lowest BCUT2D eigenvalue weighted by molar-refractivity contribution is 0.181. The van der Waals surface area contributed by atoms with Crippen molar-refractivity contribution in [1.29, 1.82) is 0 Å². The molecule has 0 aliphatic heterocycles. The van der Waals surface area contributed by atoms with Gasteiger partial charge in [0, 0.05) is 6.04 Å². The molecule has 1 aliphatic carbocycles. The maximum Gasteiger partial charge on any atom is 0.417 e. The third-order valence-corrected chi connectivity index (χ3v) is 6.15. The average Bonchev–Trinajstić information content (AvgIpc) is 3.08. The fraction of sp³-hybridized carbons (Fsp3) is 0.435. The van der Waals surface area contributed by atoms with Gasteiger partial charge in [0.2, 0.25) is 0 Å². The normalized spacial score (nSPS) is 20.1. The average molecular weight is 382 g/mol. The summed E-state index contributed by atoms with van der Waals surface area (Å²) in [5.41, 5.74) is 3.48. The van der Waals surface area contributed by atoms with Crippen LogP contribution in [0.3, 0.4) is 0 Å². The molecule has 0 saturated heterocycles. The molecule has 0 unspecified atom stereocenters. The van der Waals surface area contributed by atoms with Crippen LogP contribution in [0.15, 0.2) is 51.7 Å². The Bertz CT molecular complexity index is 985. The summed E-state index contributed by atoms with van der Waals surface area (Å²) in [4.78, 5) is 16.5. The number of rotatable bonds is 6. The zero-order valence-corrected chi connectivity index (χ0v) is 16.3. The highest BCUT2D eigenvalue weighted by atomic mass is 19.1. The first-order valence-electron chi connectivity index (χ1n) is 10.2. The lowest BCUT2D eigenvalue weighted by Crippen LogP contribution is -2.35. The zero-order chi connectivity index (χ0) is 19.5. The van der Waals surface area contributed by atoms with E-state index in [0.717, 1.165) is 56.1 Å². The first-order valence-corrected chi connectivity index (χ1v) is 10.2. The van der Waals surface area contributed by atoms with Gasteiger partial charge in [0.05, 0.1) is 5.52 Å². The number of hydrogen-bond acceptors (Lipinski definition) is 3. The van der Waals surface area contributed by atoms with E-state index in [-0.39, 0.29) is 5.82 Å². The van der Waals surface area contributed by atoms with Crippen molar-refractivity contribution in [3.05, 3.63) is 70.0 Å². The van der Waals surface area contributed by atoms with Crippen LogP contribution in [-0.2, 0) is 6.42 Å². The number of oxazole rings is 1. The fourth-order valence-corrected chi connectivity index (χ4v) is 4.47. The maximum absolute atomic E-state index is 13.7. The van der Waals surface area contributed by atoms with Crippen molar-refractivity contribution in [3.63, 3.8) is 0 Å². The van der Waals surface area contributed by atoms with E-state index in [9.17, 15) is 9.18 Å². The van der Waals surface area contributed by atoms with E-state index < -0.39 is 5.76 Å². The Morgan fingerprint density at radius 3 is 2.71 bits per heavy atom. The highest BCUT2D eigenvalue weighted by molar-refractivity contribution is 5.72. The van der Waals surface area contributed by atoms with E-state index in [1.165, 1.54) is 11.6 Å². The Morgan fingerprint density at radius 2 is 1.93 bits per heavy atom. The van der Waals surface area contributed by atoms with Gasteiger partial charge in [0.15, 0.2) is 5.58 Å². The summed E-state index contributed by atoms with van der Waals surface area (Å²) in [6.07, 6.45) is 6.37. The van der Waals surface area contributed by atoms with Crippen LogP contribution in [0.5, 0.6) is 0 Å². The predicted molar refractivity (Wildman–Crippen MR) is 109 cm³/mol. The second-order valence-electron chi connectivity index (χ2n) is 7.95.